The minimum atomic E-state index is -0.349. The van der Waals surface area contributed by atoms with E-state index in [1.54, 1.807) is 0 Å². The van der Waals surface area contributed by atoms with Crippen LogP contribution in [0.4, 0.5) is 5.69 Å². The van der Waals surface area contributed by atoms with Crippen LogP contribution < -0.4 is 15.4 Å². The minimum absolute atomic E-state index is 0.147. The van der Waals surface area contributed by atoms with Crippen LogP contribution in [-0.4, -0.2) is 22.6 Å². The molecule has 1 heterocycles. The summed E-state index contributed by atoms with van der Waals surface area (Å²) < 4.78 is 11.8. The van der Waals surface area contributed by atoms with Crippen molar-refractivity contribution in [3.63, 3.8) is 0 Å². The number of nitrogens with one attached hydrogen (secondary N) is 2. The molecule has 8 heteroatoms. The second-order valence-corrected chi connectivity index (χ2v) is 10.1. The number of amides is 1. The fourth-order valence-corrected chi connectivity index (χ4v) is 4.76. The number of rotatable bonds is 6. The van der Waals surface area contributed by atoms with Gasteiger partial charge in [0.1, 0.15) is 11.3 Å². The molecule has 5 rings (SSSR count). The highest BCUT2D eigenvalue weighted by atomic mass is 35.5. The molecule has 4 aromatic carbocycles. The smallest absolute Gasteiger partial charge is 0.264 e. The summed E-state index contributed by atoms with van der Waals surface area (Å²) in [6.07, 6.45) is 0. The summed E-state index contributed by atoms with van der Waals surface area (Å²) >= 11 is 11.7. The SMILES string of the molecule is Cc1ccc(C(C)C)c(OCC(=O)NC(=S)Nc2ccc3oc(-c4cccc5c(Cl)cccc45)nc3c2)c1. The Labute approximate surface area is 231 Å². The fourth-order valence-electron chi connectivity index (χ4n) is 4.29. The van der Waals surface area contributed by atoms with Crippen molar-refractivity contribution >= 4 is 62.4 Å². The Morgan fingerprint density at radius 3 is 2.66 bits per heavy atom. The lowest BCUT2D eigenvalue weighted by Crippen LogP contribution is -2.37. The molecule has 192 valence electrons. The number of nitrogens with zero attached hydrogens (tertiary/aromatic N) is 1. The molecule has 0 fully saturated rings. The van der Waals surface area contributed by atoms with Crippen LogP contribution in [0.5, 0.6) is 5.75 Å². The van der Waals surface area contributed by atoms with Crippen molar-refractivity contribution in [1.82, 2.24) is 10.3 Å². The van der Waals surface area contributed by atoms with Crippen LogP contribution in [0.2, 0.25) is 5.02 Å². The maximum Gasteiger partial charge on any atom is 0.264 e. The molecule has 0 atom stereocenters. The van der Waals surface area contributed by atoms with Crippen LogP contribution in [0.25, 0.3) is 33.3 Å². The van der Waals surface area contributed by atoms with Crippen LogP contribution in [0.15, 0.2) is 77.2 Å². The van der Waals surface area contributed by atoms with Gasteiger partial charge in [-0.3, -0.25) is 10.1 Å². The number of hydrogen-bond donors (Lipinski definition) is 2. The molecular formula is C30H26ClN3O3S. The lowest BCUT2D eigenvalue weighted by Gasteiger charge is -2.15. The number of hydrogen-bond acceptors (Lipinski definition) is 5. The molecule has 0 saturated carbocycles. The Kier molecular flexibility index (Phi) is 7.31. The summed E-state index contributed by atoms with van der Waals surface area (Å²) in [6.45, 7) is 6.01. The molecule has 1 aromatic heterocycles. The van der Waals surface area contributed by atoms with Gasteiger partial charge in [-0.25, -0.2) is 4.98 Å². The van der Waals surface area contributed by atoms with E-state index in [0.717, 1.165) is 27.5 Å². The van der Waals surface area contributed by atoms with Gasteiger partial charge in [0.2, 0.25) is 5.89 Å². The van der Waals surface area contributed by atoms with Gasteiger partial charge in [-0.15, -0.1) is 0 Å². The predicted molar refractivity (Wildman–Crippen MR) is 157 cm³/mol. The van der Waals surface area contributed by atoms with E-state index in [2.05, 4.69) is 29.5 Å². The number of thiocarbonyl (C=S) groups is 1. The molecule has 0 saturated heterocycles. The number of fused-ring (bicyclic) bond motifs is 2. The first-order valence-electron chi connectivity index (χ1n) is 12.2. The monoisotopic (exact) mass is 543 g/mol. The molecule has 0 unspecified atom stereocenters. The standard InChI is InChI=1S/C30H26ClN3O3S/c1-17(2)20-12-10-18(3)14-27(20)36-16-28(35)34-30(38)32-19-11-13-26-25(15-19)33-29(37-26)23-8-4-7-22-21(23)6-5-9-24(22)31/h4-15,17H,16H2,1-3H3,(H2,32,34,35,38). The Balaban J connectivity index is 1.26. The van der Waals surface area contributed by atoms with Crippen molar-refractivity contribution in [2.24, 2.45) is 0 Å². The number of ether oxygens (including phenoxy) is 1. The second-order valence-electron chi connectivity index (χ2n) is 9.33. The molecule has 5 aromatic rings. The van der Waals surface area contributed by atoms with E-state index in [-0.39, 0.29) is 23.5 Å². The van der Waals surface area contributed by atoms with Crippen molar-refractivity contribution in [1.29, 1.82) is 0 Å². The third kappa shape index (κ3) is 5.49. The van der Waals surface area contributed by atoms with Crippen molar-refractivity contribution in [2.45, 2.75) is 26.7 Å². The van der Waals surface area contributed by atoms with Crippen LogP contribution in [0, 0.1) is 6.92 Å². The summed E-state index contributed by atoms with van der Waals surface area (Å²) in [4.78, 5) is 17.2. The molecule has 0 aliphatic carbocycles. The fraction of sp³-hybridized carbons (Fsp3) is 0.167. The first-order chi connectivity index (χ1) is 18.3. The van der Waals surface area contributed by atoms with Crippen molar-refractivity contribution in [3.8, 4) is 17.2 Å². The van der Waals surface area contributed by atoms with Gasteiger partial charge in [0.05, 0.1) is 0 Å². The van der Waals surface area contributed by atoms with E-state index in [4.69, 9.17) is 33.0 Å². The van der Waals surface area contributed by atoms with E-state index in [1.165, 1.54) is 0 Å². The molecule has 0 aliphatic rings. The molecule has 38 heavy (non-hydrogen) atoms. The number of aromatic nitrogens is 1. The first-order valence-corrected chi connectivity index (χ1v) is 13.0. The number of carbonyl (C=O) groups excluding carboxylic acids is 1. The highest BCUT2D eigenvalue weighted by Crippen LogP contribution is 2.34. The number of carbonyl (C=O) groups is 1. The van der Waals surface area contributed by atoms with Crippen molar-refractivity contribution in [2.75, 3.05) is 11.9 Å². The summed E-state index contributed by atoms with van der Waals surface area (Å²) in [5.41, 5.74) is 4.93. The molecule has 1 amide bonds. The van der Waals surface area contributed by atoms with Gasteiger partial charge in [0, 0.05) is 21.7 Å². The summed E-state index contributed by atoms with van der Waals surface area (Å²) in [6, 6.07) is 23.1. The Morgan fingerprint density at radius 1 is 1.05 bits per heavy atom. The van der Waals surface area contributed by atoms with Crippen molar-refractivity contribution < 1.29 is 13.9 Å². The van der Waals surface area contributed by atoms with E-state index >= 15 is 0 Å². The molecule has 0 spiro atoms. The summed E-state index contributed by atoms with van der Waals surface area (Å²) in [7, 11) is 0. The van der Waals surface area contributed by atoms with Gasteiger partial charge in [-0.05, 0) is 78.0 Å². The first kappa shape index (κ1) is 25.7. The Hall–Kier alpha value is -3.94. The summed E-state index contributed by atoms with van der Waals surface area (Å²) in [5, 5.41) is 8.43. The number of oxazole rings is 1. The third-order valence-corrected chi connectivity index (χ3v) is 6.68. The highest BCUT2D eigenvalue weighted by Gasteiger charge is 2.14. The number of anilines is 1. The van der Waals surface area contributed by atoms with Gasteiger partial charge in [-0.1, -0.05) is 61.8 Å². The second kappa shape index (κ2) is 10.8. The van der Waals surface area contributed by atoms with Crippen LogP contribution in [0.1, 0.15) is 30.9 Å². The quantitative estimate of drug-likeness (QED) is 0.214. The number of aryl methyl sites for hydroxylation is 1. The van der Waals surface area contributed by atoms with Crippen molar-refractivity contribution in [3.05, 3.63) is 88.9 Å². The summed E-state index contributed by atoms with van der Waals surface area (Å²) in [5.74, 6) is 1.13. The van der Waals surface area contributed by atoms with E-state index < -0.39 is 0 Å². The Bertz CT molecular complexity index is 1680. The average molecular weight is 544 g/mol. The van der Waals surface area contributed by atoms with Gasteiger partial charge in [-0.2, -0.15) is 0 Å². The third-order valence-electron chi connectivity index (χ3n) is 6.15. The zero-order chi connectivity index (χ0) is 26.8. The Morgan fingerprint density at radius 2 is 1.84 bits per heavy atom. The molecule has 6 nitrogen and oxygen atoms in total. The predicted octanol–water partition coefficient (Wildman–Crippen LogP) is 7.63. The van der Waals surface area contributed by atoms with Gasteiger partial charge in [0.25, 0.3) is 5.91 Å². The van der Waals surface area contributed by atoms with Crippen LogP contribution in [-0.2, 0) is 4.79 Å². The van der Waals surface area contributed by atoms with E-state index in [1.807, 2.05) is 79.7 Å². The van der Waals surface area contributed by atoms with E-state index in [0.29, 0.717) is 33.4 Å². The zero-order valence-electron chi connectivity index (χ0n) is 21.2. The molecule has 0 bridgehead atoms. The van der Waals surface area contributed by atoms with E-state index in [9.17, 15) is 4.79 Å². The number of halogens is 1. The van der Waals surface area contributed by atoms with Gasteiger partial charge >= 0.3 is 0 Å². The van der Waals surface area contributed by atoms with Gasteiger partial charge < -0.3 is 14.5 Å². The molecule has 0 radical (unpaired) electrons. The average Bonchev–Trinajstić information content (AvgIpc) is 3.30. The van der Waals surface area contributed by atoms with Gasteiger partial charge in [0.15, 0.2) is 17.3 Å². The van der Waals surface area contributed by atoms with Crippen LogP contribution >= 0.6 is 23.8 Å². The maximum atomic E-state index is 12.5. The lowest BCUT2D eigenvalue weighted by molar-refractivity contribution is -0.121. The topological polar surface area (TPSA) is 76.4 Å². The minimum Gasteiger partial charge on any atom is -0.483 e. The molecular weight excluding hydrogens is 518 g/mol. The normalized spacial score (nSPS) is 11.2. The lowest BCUT2D eigenvalue weighted by atomic mass is 10.0. The zero-order valence-corrected chi connectivity index (χ0v) is 22.7. The van der Waals surface area contributed by atoms with Crippen LogP contribution in [0.3, 0.4) is 0 Å². The molecule has 0 aliphatic heterocycles. The largest absolute Gasteiger partial charge is 0.483 e. The maximum absolute atomic E-state index is 12.5. The number of benzene rings is 4. The highest BCUT2D eigenvalue weighted by molar-refractivity contribution is 7.80. The molecule has 2 N–H and O–H groups in total.